The molecule has 7 heteroatoms. The Morgan fingerprint density at radius 1 is 1.31 bits per heavy atom. The third kappa shape index (κ3) is 6.72. The summed E-state index contributed by atoms with van der Waals surface area (Å²) in [6.45, 7) is 7.84. The van der Waals surface area contributed by atoms with Crippen molar-refractivity contribution < 1.29 is 24.5 Å². The minimum Gasteiger partial charge on any atom is -0.444 e. The van der Waals surface area contributed by atoms with Gasteiger partial charge in [-0.2, -0.15) is 0 Å². The molecule has 1 fully saturated rings. The quantitative estimate of drug-likeness (QED) is 0.631. The van der Waals surface area contributed by atoms with Gasteiger partial charge in [-0.1, -0.05) is 30.3 Å². The standard InChI is InChI=1S/C22H34N2O5/c1-16-15-22(28,12-14-24(16)20(27)29-21(2,3)4)19(26)23-13-8-11-18(25)17-9-6-5-7-10-17/h5-7,9-10,16,18,25,28H,8,11-15H2,1-4H3,(H,23,26)/t16?,18-,22?/m0/s1. The van der Waals surface area contributed by atoms with Crippen molar-refractivity contribution in [2.75, 3.05) is 13.1 Å². The van der Waals surface area contributed by atoms with Crippen LogP contribution in [-0.2, 0) is 9.53 Å². The first-order chi connectivity index (χ1) is 13.5. The van der Waals surface area contributed by atoms with Crippen molar-refractivity contribution in [3.8, 4) is 0 Å². The minimum absolute atomic E-state index is 0.157. The average molecular weight is 407 g/mol. The number of benzene rings is 1. The number of carbonyl (C=O) groups is 2. The van der Waals surface area contributed by atoms with Crippen LogP contribution in [0.5, 0.6) is 0 Å². The molecule has 0 aliphatic carbocycles. The lowest BCUT2D eigenvalue weighted by Crippen LogP contribution is -2.58. The van der Waals surface area contributed by atoms with Crippen LogP contribution in [-0.4, -0.2) is 57.4 Å². The van der Waals surface area contributed by atoms with E-state index in [1.165, 1.54) is 0 Å². The van der Waals surface area contributed by atoms with E-state index in [0.717, 1.165) is 5.56 Å². The zero-order chi connectivity index (χ0) is 21.7. The molecule has 29 heavy (non-hydrogen) atoms. The van der Waals surface area contributed by atoms with Gasteiger partial charge in [0.1, 0.15) is 11.2 Å². The lowest BCUT2D eigenvalue weighted by atomic mass is 9.86. The largest absolute Gasteiger partial charge is 0.444 e. The maximum atomic E-state index is 12.5. The van der Waals surface area contributed by atoms with E-state index in [1.807, 2.05) is 30.3 Å². The molecule has 3 N–H and O–H groups in total. The fraction of sp³-hybridized carbons (Fsp3) is 0.636. The van der Waals surface area contributed by atoms with Crippen LogP contribution in [0.1, 0.15) is 65.0 Å². The third-order valence-electron chi connectivity index (χ3n) is 5.11. The summed E-state index contributed by atoms with van der Waals surface area (Å²) in [6, 6.07) is 9.07. The van der Waals surface area contributed by atoms with Crippen molar-refractivity contribution in [3.63, 3.8) is 0 Å². The van der Waals surface area contributed by atoms with Gasteiger partial charge in [-0.25, -0.2) is 4.79 Å². The second-order valence-electron chi connectivity index (χ2n) is 8.83. The highest BCUT2D eigenvalue weighted by Crippen LogP contribution is 2.28. The molecule has 1 heterocycles. The van der Waals surface area contributed by atoms with Gasteiger partial charge in [-0.05, 0) is 46.1 Å². The monoisotopic (exact) mass is 406 g/mol. The van der Waals surface area contributed by atoms with Gasteiger partial charge in [0, 0.05) is 32.0 Å². The summed E-state index contributed by atoms with van der Waals surface area (Å²) in [5, 5.41) is 23.7. The van der Waals surface area contributed by atoms with Crippen molar-refractivity contribution in [3.05, 3.63) is 35.9 Å². The number of carbonyl (C=O) groups excluding carboxylic acids is 2. The summed E-state index contributed by atoms with van der Waals surface area (Å²) in [4.78, 5) is 26.4. The van der Waals surface area contributed by atoms with E-state index in [4.69, 9.17) is 4.74 Å². The maximum Gasteiger partial charge on any atom is 0.410 e. The number of hydrogen-bond donors (Lipinski definition) is 3. The van der Waals surface area contributed by atoms with E-state index in [1.54, 1.807) is 32.6 Å². The van der Waals surface area contributed by atoms with Gasteiger partial charge in [0.15, 0.2) is 0 Å². The van der Waals surface area contributed by atoms with Crippen LogP contribution >= 0.6 is 0 Å². The molecule has 0 spiro atoms. The molecule has 2 rings (SSSR count). The Bertz CT molecular complexity index is 688. The number of hydrogen-bond acceptors (Lipinski definition) is 5. The maximum absolute atomic E-state index is 12.5. The first kappa shape index (κ1) is 23.2. The second kappa shape index (κ2) is 9.59. The molecule has 2 unspecified atom stereocenters. The lowest BCUT2D eigenvalue weighted by molar-refractivity contribution is -0.146. The van der Waals surface area contributed by atoms with Gasteiger partial charge < -0.3 is 25.2 Å². The molecular weight excluding hydrogens is 372 g/mol. The zero-order valence-electron chi connectivity index (χ0n) is 17.9. The Balaban J connectivity index is 1.78. The van der Waals surface area contributed by atoms with Crippen molar-refractivity contribution >= 4 is 12.0 Å². The molecule has 0 radical (unpaired) electrons. The molecule has 2 amide bonds. The first-order valence-electron chi connectivity index (χ1n) is 10.3. The fourth-order valence-electron chi connectivity index (χ4n) is 3.53. The number of nitrogens with one attached hydrogen (secondary N) is 1. The molecule has 0 aromatic heterocycles. The van der Waals surface area contributed by atoms with E-state index in [0.29, 0.717) is 19.4 Å². The van der Waals surface area contributed by atoms with Gasteiger partial charge in [0.05, 0.1) is 6.10 Å². The van der Waals surface area contributed by atoms with E-state index in [2.05, 4.69) is 5.32 Å². The Labute approximate surface area is 173 Å². The van der Waals surface area contributed by atoms with Crippen molar-refractivity contribution in [2.24, 2.45) is 0 Å². The lowest BCUT2D eigenvalue weighted by Gasteiger charge is -2.41. The van der Waals surface area contributed by atoms with Crippen LogP contribution in [0.25, 0.3) is 0 Å². The van der Waals surface area contributed by atoms with Crippen LogP contribution in [0.15, 0.2) is 30.3 Å². The Hall–Kier alpha value is -2.12. The molecule has 1 aliphatic heterocycles. The third-order valence-corrected chi connectivity index (χ3v) is 5.11. The summed E-state index contributed by atoms with van der Waals surface area (Å²) in [5.74, 6) is -0.428. The number of ether oxygens (including phenoxy) is 1. The fourth-order valence-corrected chi connectivity index (χ4v) is 3.53. The van der Waals surface area contributed by atoms with Gasteiger partial charge >= 0.3 is 6.09 Å². The van der Waals surface area contributed by atoms with E-state index in [9.17, 15) is 19.8 Å². The second-order valence-corrected chi connectivity index (χ2v) is 8.83. The van der Waals surface area contributed by atoms with Crippen molar-refractivity contribution in [1.29, 1.82) is 0 Å². The van der Waals surface area contributed by atoms with Gasteiger partial charge in [-0.3, -0.25) is 4.79 Å². The Kier molecular flexibility index (Phi) is 7.66. The highest BCUT2D eigenvalue weighted by Gasteiger charge is 2.44. The topological polar surface area (TPSA) is 99.1 Å². The molecular formula is C22H34N2O5. The normalized spacial score (nSPS) is 23.4. The number of amides is 2. The van der Waals surface area contributed by atoms with Crippen LogP contribution in [0.4, 0.5) is 4.79 Å². The molecule has 1 aliphatic rings. The number of likely N-dealkylation sites (tertiary alicyclic amines) is 1. The van der Waals surface area contributed by atoms with Crippen molar-refractivity contribution in [2.45, 2.75) is 76.7 Å². The van der Waals surface area contributed by atoms with Crippen LogP contribution < -0.4 is 5.32 Å². The number of aliphatic hydroxyl groups excluding tert-OH is 1. The Morgan fingerprint density at radius 2 is 1.97 bits per heavy atom. The van der Waals surface area contributed by atoms with Crippen LogP contribution in [0.3, 0.4) is 0 Å². The summed E-state index contributed by atoms with van der Waals surface area (Å²) in [6.07, 6.45) is 0.429. The molecule has 3 atom stereocenters. The average Bonchev–Trinajstić information content (AvgIpc) is 2.64. The number of nitrogens with zero attached hydrogens (tertiary/aromatic N) is 1. The Morgan fingerprint density at radius 3 is 2.55 bits per heavy atom. The van der Waals surface area contributed by atoms with E-state index in [-0.39, 0.29) is 25.4 Å². The van der Waals surface area contributed by atoms with Crippen LogP contribution in [0, 0.1) is 0 Å². The molecule has 0 saturated carbocycles. The highest BCUT2D eigenvalue weighted by molar-refractivity contribution is 5.85. The van der Waals surface area contributed by atoms with Crippen molar-refractivity contribution in [1.82, 2.24) is 10.2 Å². The first-order valence-corrected chi connectivity index (χ1v) is 10.3. The van der Waals surface area contributed by atoms with E-state index < -0.39 is 29.3 Å². The summed E-state index contributed by atoms with van der Waals surface area (Å²) < 4.78 is 5.40. The van der Waals surface area contributed by atoms with Gasteiger partial charge in [-0.15, -0.1) is 0 Å². The molecule has 0 bridgehead atoms. The van der Waals surface area contributed by atoms with E-state index >= 15 is 0 Å². The van der Waals surface area contributed by atoms with Crippen LogP contribution in [0.2, 0.25) is 0 Å². The summed E-state index contributed by atoms with van der Waals surface area (Å²) in [5.41, 5.74) is -1.25. The predicted molar refractivity (Wildman–Crippen MR) is 110 cm³/mol. The molecule has 7 nitrogen and oxygen atoms in total. The summed E-state index contributed by atoms with van der Waals surface area (Å²) >= 11 is 0. The number of rotatable bonds is 6. The molecule has 1 aromatic carbocycles. The molecule has 1 aromatic rings. The minimum atomic E-state index is -1.50. The number of aliphatic hydroxyl groups is 2. The molecule has 162 valence electrons. The van der Waals surface area contributed by atoms with Gasteiger partial charge in [0.2, 0.25) is 0 Å². The zero-order valence-corrected chi connectivity index (χ0v) is 17.9. The highest BCUT2D eigenvalue weighted by atomic mass is 16.6. The molecule has 1 saturated heterocycles. The predicted octanol–water partition coefficient (Wildman–Crippen LogP) is 2.77. The summed E-state index contributed by atoms with van der Waals surface area (Å²) in [7, 11) is 0. The number of piperidine rings is 1. The smallest absolute Gasteiger partial charge is 0.410 e. The SMILES string of the molecule is CC1CC(O)(C(=O)NCCC[C@H](O)c2ccccc2)CCN1C(=O)OC(C)(C)C. The van der Waals surface area contributed by atoms with Gasteiger partial charge in [0.25, 0.3) is 5.91 Å².